The van der Waals surface area contributed by atoms with E-state index in [4.69, 9.17) is 9.47 Å². The molecule has 3 rings (SSSR count). The number of aromatic nitrogens is 3. The zero-order valence-electron chi connectivity index (χ0n) is 17.5. The molecule has 0 radical (unpaired) electrons. The fourth-order valence-electron chi connectivity index (χ4n) is 2.89. The summed E-state index contributed by atoms with van der Waals surface area (Å²) in [6.07, 6.45) is -0.313. The predicted molar refractivity (Wildman–Crippen MR) is 118 cm³/mol. The summed E-state index contributed by atoms with van der Waals surface area (Å²) in [4.78, 5) is 12.5. The minimum atomic E-state index is -0.331. The van der Waals surface area contributed by atoms with Crippen LogP contribution in [0.15, 0.2) is 59.8 Å². The molecular weight excluding hydrogens is 400 g/mol. The van der Waals surface area contributed by atoms with E-state index in [0.29, 0.717) is 23.3 Å². The number of thioether (sulfide) groups is 1. The summed E-state index contributed by atoms with van der Waals surface area (Å²) >= 11 is 1.37. The van der Waals surface area contributed by atoms with E-state index in [0.717, 1.165) is 11.4 Å². The Hall–Kier alpha value is -3.00. The quantitative estimate of drug-likeness (QED) is 0.505. The van der Waals surface area contributed by atoms with E-state index in [-0.39, 0.29) is 17.3 Å². The van der Waals surface area contributed by atoms with Crippen molar-refractivity contribution in [3.8, 4) is 11.5 Å². The molecule has 0 aliphatic carbocycles. The van der Waals surface area contributed by atoms with Crippen LogP contribution >= 0.6 is 11.8 Å². The first kappa shape index (κ1) is 21.7. The number of carbonyl (C=O) groups excluding carboxylic acids is 1. The lowest BCUT2D eigenvalue weighted by Gasteiger charge is -2.17. The van der Waals surface area contributed by atoms with E-state index in [1.165, 1.54) is 11.8 Å². The maximum absolute atomic E-state index is 12.5. The van der Waals surface area contributed by atoms with Crippen LogP contribution in [-0.4, -0.2) is 33.0 Å². The van der Waals surface area contributed by atoms with Crippen molar-refractivity contribution in [3.05, 3.63) is 60.4 Å². The minimum absolute atomic E-state index is 0.0842. The molecule has 1 aromatic heterocycles. The zero-order valence-corrected chi connectivity index (χ0v) is 18.3. The number of nitrogens with zero attached hydrogens (tertiary/aromatic N) is 3. The van der Waals surface area contributed by atoms with Crippen molar-refractivity contribution in [2.24, 2.45) is 0 Å². The molecule has 0 aliphatic heterocycles. The van der Waals surface area contributed by atoms with Crippen LogP contribution in [0.5, 0.6) is 11.5 Å². The van der Waals surface area contributed by atoms with Gasteiger partial charge in [-0.15, -0.1) is 10.2 Å². The molecule has 2 atom stereocenters. The van der Waals surface area contributed by atoms with Gasteiger partial charge in [0.15, 0.2) is 17.1 Å². The van der Waals surface area contributed by atoms with E-state index < -0.39 is 0 Å². The van der Waals surface area contributed by atoms with Gasteiger partial charge in [0, 0.05) is 18.3 Å². The maximum Gasteiger partial charge on any atom is 0.237 e. The molecule has 3 aromatic rings. The molecule has 1 heterocycles. The van der Waals surface area contributed by atoms with Gasteiger partial charge in [0.2, 0.25) is 5.91 Å². The molecule has 1 N–H and O–H groups in total. The van der Waals surface area contributed by atoms with Crippen LogP contribution in [0.4, 0.5) is 5.69 Å². The minimum Gasteiger partial charge on any atom is -0.497 e. The summed E-state index contributed by atoms with van der Waals surface area (Å²) in [6.45, 7) is 6.47. The van der Waals surface area contributed by atoms with E-state index >= 15 is 0 Å². The number of ether oxygens (including phenoxy) is 2. The van der Waals surface area contributed by atoms with Crippen molar-refractivity contribution in [2.45, 2.75) is 43.8 Å². The highest BCUT2D eigenvalue weighted by Crippen LogP contribution is 2.28. The van der Waals surface area contributed by atoms with Crippen LogP contribution < -0.4 is 14.8 Å². The number of carbonyl (C=O) groups is 1. The Kier molecular flexibility index (Phi) is 7.35. The SMILES string of the molecule is CCn1c(SC(C)C(=O)Nc2ccccc2)nnc1C(C)Oc1cccc(OC)c1. The van der Waals surface area contributed by atoms with Crippen molar-refractivity contribution >= 4 is 23.4 Å². The monoisotopic (exact) mass is 426 g/mol. The molecule has 0 fully saturated rings. The average molecular weight is 427 g/mol. The van der Waals surface area contributed by atoms with Crippen LogP contribution in [0, 0.1) is 0 Å². The molecule has 0 saturated carbocycles. The second-order valence-corrected chi connectivity index (χ2v) is 7.95. The summed E-state index contributed by atoms with van der Waals surface area (Å²) in [5.74, 6) is 2.04. The van der Waals surface area contributed by atoms with Gasteiger partial charge in [-0.1, -0.05) is 36.0 Å². The van der Waals surface area contributed by atoms with Crippen LogP contribution in [0.25, 0.3) is 0 Å². The molecule has 1 amide bonds. The lowest BCUT2D eigenvalue weighted by atomic mass is 10.3. The number of anilines is 1. The summed E-state index contributed by atoms with van der Waals surface area (Å²) in [5, 5.41) is 11.9. The third-order valence-corrected chi connectivity index (χ3v) is 5.55. The smallest absolute Gasteiger partial charge is 0.237 e. The number of methoxy groups -OCH3 is 1. The van der Waals surface area contributed by atoms with Gasteiger partial charge >= 0.3 is 0 Å². The molecule has 2 unspecified atom stereocenters. The average Bonchev–Trinajstić information content (AvgIpc) is 3.17. The number of rotatable bonds is 9. The highest BCUT2D eigenvalue weighted by atomic mass is 32.2. The Morgan fingerprint density at radius 2 is 1.83 bits per heavy atom. The highest BCUT2D eigenvalue weighted by Gasteiger charge is 2.23. The maximum atomic E-state index is 12.5. The van der Waals surface area contributed by atoms with Crippen LogP contribution in [0.3, 0.4) is 0 Å². The van der Waals surface area contributed by atoms with Gasteiger partial charge < -0.3 is 19.4 Å². The molecule has 0 bridgehead atoms. The van der Waals surface area contributed by atoms with Gasteiger partial charge in [0.1, 0.15) is 11.5 Å². The number of para-hydroxylation sites is 1. The largest absolute Gasteiger partial charge is 0.497 e. The summed E-state index contributed by atoms with van der Waals surface area (Å²) in [7, 11) is 1.62. The molecule has 158 valence electrons. The normalized spacial score (nSPS) is 12.8. The Morgan fingerprint density at radius 1 is 1.10 bits per heavy atom. The lowest BCUT2D eigenvalue weighted by Crippen LogP contribution is -2.23. The fourth-order valence-corrected chi connectivity index (χ4v) is 3.81. The second kappa shape index (κ2) is 10.2. The molecule has 0 spiro atoms. The third kappa shape index (κ3) is 5.33. The van der Waals surface area contributed by atoms with Crippen molar-refractivity contribution in [2.75, 3.05) is 12.4 Å². The van der Waals surface area contributed by atoms with Crippen LogP contribution in [0.1, 0.15) is 32.7 Å². The van der Waals surface area contributed by atoms with E-state index in [2.05, 4.69) is 15.5 Å². The van der Waals surface area contributed by atoms with E-state index in [9.17, 15) is 4.79 Å². The molecule has 0 saturated heterocycles. The topological polar surface area (TPSA) is 78.3 Å². The van der Waals surface area contributed by atoms with Crippen molar-refractivity contribution in [1.29, 1.82) is 0 Å². The Bertz CT molecular complexity index is 978. The van der Waals surface area contributed by atoms with Gasteiger partial charge in [0.05, 0.1) is 12.4 Å². The molecule has 7 nitrogen and oxygen atoms in total. The predicted octanol–water partition coefficient (Wildman–Crippen LogP) is 4.57. The fraction of sp³-hybridized carbons (Fsp3) is 0.318. The number of hydrogen-bond donors (Lipinski definition) is 1. The van der Waals surface area contributed by atoms with Crippen LogP contribution in [0.2, 0.25) is 0 Å². The molecule has 0 aliphatic rings. The Labute approximate surface area is 180 Å². The van der Waals surface area contributed by atoms with Crippen LogP contribution in [-0.2, 0) is 11.3 Å². The molecular formula is C22H26N4O3S. The highest BCUT2D eigenvalue weighted by molar-refractivity contribution is 8.00. The first-order chi connectivity index (χ1) is 14.5. The number of benzene rings is 2. The summed E-state index contributed by atoms with van der Waals surface area (Å²) in [6, 6.07) is 16.8. The Morgan fingerprint density at radius 3 is 2.53 bits per heavy atom. The lowest BCUT2D eigenvalue weighted by molar-refractivity contribution is -0.115. The first-order valence-electron chi connectivity index (χ1n) is 9.78. The van der Waals surface area contributed by atoms with Gasteiger partial charge in [-0.25, -0.2) is 0 Å². The van der Waals surface area contributed by atoms with E-state index in [1.54, 1.807) is 7.11 Å². The van der Waals surface area contributed by atoms with Gasteiger partial charge in [-0.2, -0.15) is 0 Å². The molecule has 30 heavy (non-hydrogen) atoms. The number of nitrogens with one attached hydrogen (secondary N) is 1. The Balaban J connectivity index is 1.69. The van der Waals surface area contributed by atoms with Crippen molar-refractivity contribution in [3.63, 3.8) is 0 Å². The van der Waals surface area contributed by atoms with Gasteiger partial charge in [-0.05, 0) is 45.0 Å². The zero-order chi connectivity index (χ0) is 21.5. The summed E-state index contributed by atoms with van der Waals surface area (Å²) in [5.41, 5.74) is 0.771. The molecule has 2 aromatic carbocycles. The standard InChI is InChI=1S/C22H26N4O3S/c1-5-26-20(15(2)29-19-13-9-12-18(14-19)28-4)24-25-22(26)30-16(3)21(27)23-17-10-7-6-8-11-17/h6-16H,5H2,1-4H3,(H,23,27). The third-order valence-electron chi connectivity index (χ3n) is 4.47. The van der Waals surface area contributed by atoms with Crippen molar-refractivity contribution < 1.29 is 14.3 Å². The second-order valence-electron chi connectivity index (χ2n) is 6.64. The van der Waals surface area contributed by atoms with Crippen molar-refractivity contribution in [1.82, 2.24) is 14.8 Å². The van der Waals surface area contributed by atoms with E-state index in [1.807, 2.05) is 79.9 Å². The van der Waals surface area contributed by atoms with Gasteiger partial charge in [-0.3, -0.25) is 4.79 Å². The number of hydrogen-bond acceptors (Lipinski definition) is 6. The molecule has 8 heteroatoms. The first-order valence-corrected chi connectivity index (χ1v) is 10.7. The number of amides is 1. The van der Waals surface area contributed by atoms with Gasteiger partial charge in [0.25, 0.3) is 0 Å². The summed E-state index contributed by atoms with van der Waals surface area (Å²) < 4.78 is 13.3.